The maximum atomic E-state index is 13.7. The van der Waals surface area contributed by atoms with Crippen LogP contribution in [0.4, 0.5) is 13.2 Å². The second-order valence-electron chi connectivity index (χ2n) is 7.09. The van der Waals surface area contributed by atoms with Gasteiger partial charge < -0.3 is 0 Å². The van der Waals surface area contributed by atoms with Gasteiger partial charge >= 0.3 is 6.18 Å². The van der Waals surface area contributed by atoms with E-state index in [0.29, 0.717) is 28.2 Å². The van der Waals surface area contributed by atoms with Gasteiger partial charge in [0.25, 0.3) is 0 Å². The maximum Gasteiger partial charge on any atom is 0.433 e. The van der Waals surface area contributed by atoms with Crippen molar-refractivity contribution >= 4 is 17.0 Å². The zero-order chi connectivity index (χ0) is 21.4. The van der Waals surface area contributed by atoms with Crippen LogP contribution in [0.15, 0.2) is 84.2 Å². The Morgan fingerprint density at radius 2 is 1.58 bits per heavy atom. The quantitative estimate of drug-likeness (QED) is 0.313. The van der Waals surface area contributed by atoms with Crippen LogP contribution < -0.4 is 0 Å². The summed E-state index contributed by atoms with van der Waals surface area (Å²) in [6.07, 6.45) is -4.08. The summed E-state index contributed by atoms with van der Waals surface area (Å²) in [4.78, 5) is 4.74. The molecule has 0 bridgehead atoms. The van der Waals surface area contributed by atoms with Gasteiger partial charge in [-0.15, -0.1) is 11.3 Å². The van der Waals surface area contributed by atoms with Gasteiger partial charge in [-0.05, 0) is 28.6 Å². The first-order valence-electron chi connectivity index (χ1n) is 9.64. The fourth-order valence-corrected chi connectivity index (χ4v) is 4.35. The van der Waals surface area contributed by atoms with Crippen molar-refractivity contribution in [2.45, 2.75) is 12.6 Å². The molecule has 154 valence electrons. The molecule has 0 aliphatic rings. The molecule has 5 rings (SSSR count). The van der Waals surface area contributed by atoms with Crippen molar-refractivity contribution < 1.29 is 13.2 Å². The Kier molecular flexibility index (Phi) is 4.82. The van der Waals surface area contributed by atoms with Gasteiger partial charge in [-0.1, -0.05) is 66.7 Å². The molecule has 0 N–H and O–H groups in total. The summed E-state index contributed by atoms with van der Waals surface area (Å²) in [5, 5.41) is 6.59. The fraction of sp³-hybridized carbons (Fsp3) is 0.0833. The average molecular weight is 435 g/mol. The van der Waals surface area contributed by atoms with Crippen LogP contribution in [0.5, 0.6) is 0 Å². The first-order chi connectivity index (χ1) is 15.0. The molecule has 0 aliphatic heterocycles. The number of thiophene rings is 1. The Hall–Kier alpha value is -3.45. The Morgan fingerprint density at radius 1 is 0.871 bits per heavy atom. The highest BCUT2D eigenvalue weighted by Crippen LogP contribution is 2.37. The van der Waals surface area contributed by atoms with Crippen molar-refractivity contribution in [3.63, 3.8) is 0 Å². The highest BCUT2D eigenvalue weighted by atomic mass is 32.1. The Morgan fingerprint density at radius 3 is 2.23 bits per heavy atom. The molecule has 2 aromatic carbocycles. The molecule has 31 heavy (non-hydrogen) atoms. The molecule has 3 heterocycles. The number of hydrogen-bond acceptors (Lipinski definition) is 3. The molecular formula is C24H16F3N3S. The van der Waals surface area contributed by atoms with Gasteiger partial charge in [-0.3, -0.25) is 0 Å². The molecule has 0 saturated carbocycles. The third kappa shape index (κ3) is 3.72. The summed E-state index contributed by atoms with van der Waals surface area (Å²) in [5.41, 5.74) is 2.77. The van der Waals surface area contributed by atoms with E-state index < -0.39 is 11.9 Å². The molecule has 3 nitrogen and oxygen atoms in total. The molecule has 3 aromatic heterocycles. The van der Waals surface area contributed by atoms with Crippen molar-refractivity contribution in [1.29, 1.82) is 0 Å². The zero-order valence-corrected chi connectivity index (χ0v) is 17.0. The zero-order valence-electron chi connectivity index (χ0n) is 16.2. The second kappa shape index (κ2) is 7.67. The molecule has 0 aliphatic carbocycles. The van der Waals surface area contributed by atoms with E-state index in [4.69, 9.17) is 5.10 Å². The van der Waals surface area contributed by atoms with Crippen molar-refractivity contribution in [1.82, 2.24) is 14.6 Å². The minimum absolute atomic E-state index is 0.204. The topological polar surface area (TPSA) is 30.2 Å². The highest BCUT2D eigenvalue weighted by molar-refractivity contribution is 7.13. The number of halogens is 3. The van der Waals surface area contributed by atoms with E-state index in [9.17, 15) is 13.2 Å². The van der Waals surface area contributed by atoms with Gasteiger partial charge in [-0.25, -0.2) is 9.50 Å². The predicted molar refractivity (Wildman–Crippen MR) is 116 cm³/mol. The lowest BCUT2D eigenvalue weighted by atomic mass is 10.0. The summed E-state index contributed by atoms with van der Waals surface area (Å²) >= 11 is 1.37. The predicted octanol–water partition coefficient (Wildman–Crippen LogP) is 6.73. The van der Waals surface area contributed by atoms with Crippen molar-refractivity contribution in [3.8, 4) is 21.7 Å². The molecule has 0 atom stereocenters. The Labute approximate surface area is 180 Å². The fourth-order valence-electron chi connectivity index (χ4n) is 3.62. The maximum absolute atomic E-state index is 13.7. The monoisotopic (exact) mass is 435 g/mol. The van der Waals surface area contributed by atoms with Crippen LogP contribution in [0, 0.1) is 0 Å². The van der Waals surface area contributed by atoms with Gasteiger partial charge in [0.05, 0.1) is 21.8 Å². The Bertz CT molecular complexity index is 1330. The third-order valence-electron chi connectivity index (χ3n) is 5.00. The minimum atomic E-state index is -4.56. The summed E-state index contributed by atoms with van der Waals surface area (Å²) in [6.45, 7) is 0. The number of alkyl halides is 3. The molecule has 5 aromatic rings. The van der Waals surface area contributed by atoms with Gasteiger partial charge in [0, 0.05) is 6.42 Å². The van der Waals surface area contributed by atoms with E-state index in [2.05, 4.69) is 4.98 Å². The number of benzene rings is 2. The smallest absolute Gasteiger partial charge is 0.223 e. The minimum Gasteiger partial charge on any atom is -0.223 e. The number of fused-ring (bicyclic) bond motifs is 1. The molecule has 0 unspecified atom stereocenters. The van der Waals surface area contributed by atoms with Crippen LogP contribution >= 0.6 is 11.3 Å². The third-order valence-corrected chi connectivity index (χ3v) is 5.89. The van der Waals surface area contributed by atoms with Crippen molar-refractivity contribution in [2.75, 3.05) is 0 Å². The van der Waals surface area contributed by atoms with Crippen LogP contribution in [-0.4, -0.2) is 14.6 Å². The second-order valence-corrected chi connectivity index (χ2v) is 8.03. The summed E-state index contributed by atoms with van der Waals surface area (Å²) in [7, 11) is 0. The molecule has 0 amide bonds. The van der Waals surface area contributed by atoms with E-state index >= 15 is 0 Å². The molecule has 0 fully saturated rings. The number of rotatable bonds is 4. The van der Waals surface area contributed by atoms with Crippen LogP contribution in [-0.2, 0) is 12.6 Å². The lowest BCUT2D eigenvalue weighted by Crippen LogP contribution is -2.10. The number of hydrogen-bond donors (Lipinski definition) is 0. The van der Waals surface area contributed by atoms with Gasteiger partial charge in [-0.2, -0.15) is 18.3 Å². The van der Waals surface area contributed by atoms with Gasteiger partial charge in [0.2, 0.25) is 0 Å². The lowest BCUT2D eigenvalue weighted by molar-refractivity contribution is -0.141. The van der Waals surface area contributed by atoms with E-state index in [1.807, 2.05) is 72.1 Å². The van der Waals surface area contributed by atoms with Gasteiger partial charge in [0.1, 0.15) is 5.69 Å². The standard InChI is InChI=1S/C24H16F3N3S/c25-24(26,27)21-15-19(20-12-7-13-31-20)30-23(28-21)22(17-10-5-2-6-11-17)18(29-30)14-16-8-3-1-4-9-16/h1-13,15H,14H2. The molecule has 0 radical (unpaired) electrons. The normalized spacial score (nSPS) is 11.8. The summed E-state index contributed by atoms with van der Waals surface area (Å²) in [6, 6.07) is 23.8. The van der Waals surface area contributed by atoms with Crippen molar-refractivity contribution in [2.24, 2.45) is 0 Å². The van der Waals surface area contributed by atoms with E-state index in [1.54, 1.807) is 10.6 Å². The highest BCUT2D eigenvalue weighted by Gasteiger charge is 2.35. The SMILES string of the molecule is FC(F)(F)c1cc(-c2cccs2)n2nc(Cc3ccccc3)c(-c3ccccc3)c2n1. The molecule has 7 heteroatoms. The molecule has 0 saturated heterocycles. The number of nitrogens with zero attached hydrogens (tertiary/aromatic N) is 3. The molecular weight excluding hydrogens is 419 g/mol. The van der Waals surface area contributed by atoms with E-state index in [-0.39, 0.29) is 5.65 Å². The largest absolute Gasteiger partial charge is 0.433 e. The van der Waals surface area contributed by atoms with Crippen LogP contribution in [0.1, 0.15) is 17.0 Å². The average Bonchev–Trinajstić information content (AvgIpc) is 3.42. The van der Waals surface area contributed by atoms with Crippen molar-refractivity contribution in [3.05, 3.63) is 101 Å². The van der Waals surface area contributed by atoms with Crippen LogP contribution in [0.25, 0.3) is 27.3 Å². The first-order valence-corrected chi connectivity index (χ1v) is 10.5. The van der Waals surface area contributed by atoms with E-state index in [0.717, 1.165) is 17.2 Å². The summed E-state index contributed by atoms with van der Waals surface area (Å²) in [5.74, 6) is 0. The lowest BCUT2D eigenvalue weighted by Gasteiger charge is -2.10. The number of aromatic nitrogens is 3. The van der Waals surface area contributed by atoms with Crippen LogP contribution in [0.3, 0.4) is 0 Å². The molecule has 0 spiro atoms. The first kappa shape index (κ1) is 19.5. The Balaban J connectivity index is 1.83. The van der Waals surface area contributed by atoms with Gasteiger partial charge in [0.15, 0.2) is 5.65 Å². The summed E-state index contributed by atoms with van der Waals surface area (Å²) < 4.78 is 42.8. The van der Waals surface area contributed by atoms with E-state index in [1.165, 1.54) is 11.3 Å². The van der Waals surface area contributed by atoms with Crippen LogP contribution in [0.2, 0.25) is 0 Å².